The Hall–Kier alpha value is -1.00. The third kappa shape index (κ3) is 1.75. The summed E-state index contributed by atoms with van der Waals surface area (Å²) in [5.41, 5.74) is 0. The van der Waals surface area contributed by atoms with Gasteiger partial charge in [0.15, 0.2) is 0 Å². The van der Waals surface area contributed by atoms with Crippen molar-refractivity contribution in [2.75, 3.05) is 0 Å². The van der Waals surface area contributed by atoms with Crippen LogP contribution in [0.5, 0.6) is 0 Å². The van der Waals surface area contributed by atoms with E-state index in [1.807, 2.05) is 0 Å². The number of fused-ring (bicyclic) bond motifs is 2. The minimum atomic E-state index is -4.27. The molecular weight excluding hydrogens is 209 g/mol. The molecule has 0 saturated heterocycles. The van der Waals surface area contributed by atoms with Crippen molar-refractivity contribution < 1.29 is 23.1 Å². The monoisotopic (exact) mass is 220 g/mol. The molecule has 0 aliphatic heterocycles. The highest BCUT2D eigenvalue weighted by Gasteiger charge is 2.57. The van der Waals surface area contributed by atoms with E-state index in [4.69, 9.17) is 5.11 Å². The Bertz CT molecular complexity index is 308. The first-order chi connectivity index (χ1) is 6.89. The van der Waals surface area contributed by atoms with Gasteiger partial charge in [-0.15, -0.1) is 0 Å². The molecule has 84 valence electrons. The van der Waals surface area contributed by atoms with Crippen LogP contribution in [0, 0.1) is 23.7 Å². The van der Waals surface area contributed by atoms with Crippen molar-refractivity contribution in [3.8, 4) is 0 Å². The third-order valence-electron chi connectivity index (χ3n) is 3.41. The van der Waals surface area contributed by atoms with E-state index < -0.39 is 29.9 Å². The van der Waals surface area contributed by atoms with Crippen LogP contribution in [0.3, 0.4) is 0 Å². The molecule has 1 N–H and O–H groups in total. The van der Waals surface area contributed by atoms with Crippen LogP contribution in [0.15, 0.2) is 12.2 Å². The quantitative estimate of drug-likeness (QED) is 0.726. The highest BCUT2D eigenvalue weighted by atomic mass is 19.4. The number of aliphatic carboxylic acids is 1. The van der Waals surface area contributed by atoms with Crippen LogP contribution in [0.4, 0.5) is 13.2 Å². The van der Waals surface area contributed by atoms with Gasteiger partial charge in [0.05, 0.1) is 5.92 Å². The molecule has 0 amide bonds. The van der Waals surface area contributed by atoms with Gasteiger partial charge in [-0.25, -0.2) is 0 Å². The second kappa shape index (κ2) is 3.25. The molecule has 0 radical (unpaired) electrons. The molecular formula is C10H11F3O2. The smallest absolute Gasteiger partial charge is 0.392 e. The van der Waals surface area contributed by atoms with E-state index in [9.17, 15) is 18.0 Å². The van der Waals surface area contributed by atoms with Crippen molar-refractivity contribution in [3.63, 3.8) is 0 Å². The summed E-state index contributed by atoms with van der Waals surface area (Å²) in [5.74, 6) is -4.06. The zero-order chi connectivity index (χ0) is 11.2. The van der Waals surface area contributed by atoms with Gasteiger partial charge < -0.3 is 5.11 Å². The van der Waals surface area contributed by atoms with Crippen molar-refractivity contribution in [3.05, 3.63) is 12.2 Å². The van der Waals surface area contributed by atoms with Gasteiger partial charge in [-0.05, 0) is 24.2 Å². The van der Waals surface area contributed by atoms with Gasteiger partial charge in [0.1, 0.15) is 0 Å². The number of hydrogen-bond donors (Lipinski definition) is 1. The number of carboxylic acids is 1. The molecule has 15 heavy (non-hydrogen) atoms. The molecule has 0 aromatic heterocycles. The summed E-state index contributed by atoms with van der Waals surface area (Å²) in [5, 5.41) is 8.59. The van der Waals surface area contributed by atoms with Gasteiger partial charge in [-0.2, -0.15) is 13.2 Å². The van der Waals surface area contributed by atoms with E-state index in [0.717, 1.165) is 0 Å². The lowest BCUT2D eigenvalue weighted by molar-refractivity contribution is -0.194. The third-order valence-corrected chi connectivity index (χ3v) is 3.41. The zero-order valence-corrected chi connectivity index (χ0v) is 7.87. The van der Waals surface area contributed by atoms with Gasteiger partial charge >= 0.3 is 12.1 Å². The molecule has 2 rings (SSSR count). The Balaban J connectivity index is 2.21. The minimum Gasteiger partial charge on any atom is -0.481 e. The van der Waals surface area contributed by atoms with Gasteiger partial charge in [-0.3, -0.25) is 4.79 Å². The van der Waals surface area contributed by atoms with E-state index in [1.54, 1.807) is 12.2 Å². The second-order valence-corrected chi connectivity index (χ2v) is 4.28. The lowest BCUT2D eigenvalue weighted by atomic mass is 9.80. The maximum Gasteiger partial charge on any atom is 0.392 e. The molecule has 2 aliphatic rings. The second-order valence-electron chi connectivity index (χ2n) is 4.28. The molecule has 0 aromatic carbocycles. The zero-order valence-electron chi connectivity index (χ0n) is 7.87. The van der Waals surface area contributed by atoms with Gasteiger partial charge in [0, 0.05) is 6.42 Å². The predicted molar refractivity (Wildman–Crippen MR) is 46.0 cm³/mol. The van der Waals surface area contributed by atoms with Crippen molar-refractivity contribution in [2.24, 2.45) is 23.7 Å². The van der Waals surface area contributed by atoms with E-state index >= 15 is 0 Å². The Labute approximate surface area is 84.8 Å². The van der Waals surface area contributed by atoms with E-state index in [1.165, 1.54) is 0 Å². The number of carboxylic acid groups (broad SMARTS) is 1. The molecule has 0 spiro atoms. The van der Waals surface area contributed by atoms with Crippen LogP contribution in [0.25, 0.3) is 0 Å². The first-order valence-electron chi connectivity index (χ1n) is 4.86. The largest absolute Gasteiger partial charge is 0.481 e. The maximum atomic E-state index is 12.7. The molecule has 4 atom stereocenters. The molecule has 1 saturated carbocycles. The summed E-state index contributed by atoms with van der Waals surface area (Å²) in [6.45, 7) is 0. The van der Waals surface area contributed by atoms with Gasteiger partial charge in [-0.1, -0.05) is 12.2 Å². The van der Waals surface area contributed by atoms with Crippen LogP contribution < -0.4 is 0 Å². The molecule has 2 aliphatic carbocycles. The number of hydrogen-bond acceptors (Lipinski definition) is 1. The van der Waals surface area contributed by atoms with Crippen molar-refractivity contribution >= 4 is 5.97 Å². The van der Waals surface area contributed by atoms with E-state index in [0.29, 0.717) is 6.42 Å². The molecule has 4 unspecified atom stereocenters. The van der Waals surface area contributed by atoms with Crippen LogP contribution in [0.2, 0.25) is 0 Å². The molecule has 0 aromatic rings. The number of halogens is 3. The van der Waals surface area contributed by atoms with Crippen LogP contribution >= 0.6 is 0 Å². The van der Waals surface area contributed by atoms with Crippen LogP contribution in [-0.4, -0.2) is 17.3 Å². The van der Waals surface area contributed by atoms with Crippen LogP contribution in [0.1, 0.15) is 12.8 Å². The lowest BCUT2D eigenvalue weighted by Crippen LogP contribution is -2.34. The average Bonchev–Trinajstić information content (AvgIpc) is 2.59. The topological polar surface area (TPSA) is 37.3 Å². The van der Waals surface area contributed by atoms with Crippen molar-refractivity contribution in [2.45, 2.75) is 19.0 Å². The normalized spacial score (nSPS) is 38.6. The number of rotatable bonds is 2. The number of carbonyl (C=O) groups is 1. The molecule has 5 heteroatoms. The first-order valence-corrected chi connectivity index (χ1v) is 4.86. The fraction of sp³-hybridized carbons (Fsp3) is 0.700. The maximum absolute atomic E-state index is 12.7. The van der Waals surface area contributed by atoms with Crippen molar-refractivity contribution in [1.82, 2.24) is 0 Å². The van der Waals surface area contributed by atoms with Gasteiger partial charge in [0.2, 0.25) is 0 Å². The summed E-state index contributed by atoms with van der Waals surface area (Å²) < 4.78 is 38.1. The highest BCUT2D eigenvalue weighted by molar-refractivity contribution is 5.67. The van der Waals surface area contributed by atoms with Gasteiger partial charge in [0.25, 0.3) is 0 Å². The molecule has 0 heterocycles. The van der Waals surface area contributed by atoms with E-state index in [-0.39, 0.29) is 12.3 Å². The SMILES string of the molecule is O=C(O)CC1C2C=CC(C2)C1C(F)(F)F. The van der Waals surface area contributed by atoms with Crippen molar-refractivity contribution in [1.29, 1.82) is 0 Å². The Kier molecular flexibility index (Phi) is 2.28. The Morgan fingerprint density at radius 2 is 1.93 bits per heavy atom. The predicted octanol–water partition coefficient (Wildman–Crippen LogP) is 2.46. The fourth-order valence-corrected chi connectivity index (χ4v) is 2.89. The lowest BCUT2D eigenvalue weighted by Gasteiger charge is -2.28. The summed E-state index contributed by atoms with van der Waals surface area (Å²) in [6.07, 6.45) is -0.871. The summed E-state index contributed by atoms with van der Waals surface area (Å²) >= 11 is 0. The standard InChI is InChI=1S/C10H11F3O2/c11-10(12,13)9-6-2-1-5(3-6)7(9)4-8(14)15/h1-2,5-7,9H,3-4H2,(H,14,15). The summed E-state index contributed by atoms with van der Waals surface area (Å²) in [6, 6.07) is 0. The minimum absolute atomic E-state index is 0.197. The number of allylic oxidation sites excluding steroid dienone is 2. The number of alkyl halides is 3. The summed E-state index contributed by atoms with van der Waals surface area (Å²) in [4.78, 5) is 10.5. The molecule has 1 fully saturated rings. The molecule has 2 bridgehead atoms. The van der Waals surface area contributed by atoms with E-state index in [2.05, 4.69) is 0 Å². The Morgan fingerprint density at radius 1 is 1.33 bits per heavy atom. The Morgan fingerprint density at radius 3 is 2.47 bits per heavy atom. The van der Waals surface area contributed by atoms with Crippen LogP contribution in [-0.2, 0) is 4.79 Å². The summed E-state index contributed by atoms with van der Waals surface area (Å²) in [7, 11) is 0. The molecule has 2 nitrogen and oxygen atoms in total. The fourth-order valence-electron chi connectivity index (χ4n) is 2.89. The highest BCUT2D eigenvalue weighted by Crippen LogP contribution is 2.55. The average molecular weight is 220 g/mol. The first kappa shape index (κ1) is 10.5.